The predicted molar refractivity (Wildman–Crippen MR) is 65.3 cm³/mol. The number of H-pyrrole nitrogens is 1. The van der Waals surface area contributed by atoms with Crippen LogP contribution in [0.3, 0.4) is 0 Å². The molecule has 0 fully saturated rings. The van der Waals surface area contributed by atoms with Gasteiger partial charge in [-0.1, -0.05) is 15.9 Å². The van der Waals surface area contributed by atoms with E-state index < -0.39 is 5.56 Å². The number of nitrogens with two attached hydrogens (primary N) is 1. The molecule has 0 aromatic carbocycles. The lowest BCUT2D eigenvalue weighted by atomic mass is 10.4. The highest BCUT2D eigenvalue weighted by atomic mass is 79.9. The maximum atomic E-state index is 11.3. The van der Waals surface area contributed by atoms with Gasteiger partial charge in [0.1, 0.15) is 0 Å². The van der Waals surface area contributed by atoms with Crippen LogP contribution >= 0.6 is 32.9 Å². The van der Waals surface area contributed by atoms with Crippen LogP contribution in [0.1, 0.15) is 5.69 Å². The number of rotatable bonds is 1. The minimum Gasteiger partial charge on any atom is -0.369 e. The number of aromatic amines is 1. The van der Waals surface area contributed by atoms with Crippen molar-refractivity contribution in [3.8, 4) is 0 Å². The number of hydrogen-bond donors (Lipinski definition) is 2. The summed E-state index contributed by atoms with van der Waals surface area (Å²) in [5.41, 5.74) is 6.12. The molecule has 0 bridgehead atoms. The highest BCUT2D eigenvalue weighted by molar-refractivity contribution is 9.08. The van der Waals surface area contributed by atoms with Gasteiger partial charge in [0.15, 0.2) is 11.2 Å². The van der Waals surface area contributed by atoms with E-state index in [1.165, 1.54) is 0 Å². The van der Waals surface area contributed by atoms with Crippen molar-refractivity contribution in [2.45, 2.75) is 5.33 Å². The third-order valence-electron chi connectivity index (χ3n) is 1.63. The van der Waals surface area contributed by atoms with E-state index in [0.29, 0.717) is 16.7 Å². The molecule has 0 saturated heterocycles. The molecule has 15 heavy (non-hydrogen) atoms. The zero-order valence-electron chi connectivity index (χ0n) is 7.40. The van der Waals surface area contributed by atoms with Gasteiger partial charge >= 0.3 is 5.56 Å². The summed E-state index contributed by atoms with van der Waals surface area (Å²) in [4.78, 5) is 25.6. The number of alkyl halides is 1. The minimum atomic E-state index is -0.466. The Balaban J connectivity index is 0.00000112. The van der Waals surface area contributed by atoms with Crippen LogP contribution < -0.4 is 11.3 Å². The second-order valence-corrected chi connectivity index (χ2v) is 3.18. The molecule has 0 aliphatic carbocycles. The molecule has 80 valence electrons. The Labute approximate surface area is 103 Å². The summed E-state index contributed by atoms with van der Waals surface area (Å²) in [5, 5.41) is 0.541. The van der Waals surface area contributed by atoms with Gasteiger partial charge in [-0.2, -0.15) is 4.98 Å². The SMILES string of the molecule is Br.Nc1nc(=O)c2nc(CBr)cnc2[nH]1. The Bertz CT molecular complexity index is 540. The van der Waals surface area contributed by atoms with E-state index in [0.717, 1.165) is 0 Å². The molecule has 0 aliphatic heterocycles. The number of hydrogen-bond acceptors (Lipinski definition) is 5. The molecule has 0 aliphatic rings. The van der Waals surface area contributed by atoms with E-state index in [9.17, 15) is 4.79 Å². The van der Waals surface area contributed by atoms with Crippen LogP contribution in [0.2, 0.25) is 0 Å². The fraction of sp³-hybridized carbons (Fsp3) is 0.143. The summed E-state index contributed by atoms with van der Waals surface area (Å²) < 4.78 is 0. The first-order valence-electron chi connectivity index (χ1n) is 3.78. The maximum Gasteiger partial charge on any atom is 0.302 e. The van der Waals surface area contributed by atoms with Gasteiger partial charge < -0.3 is 10.7 Å². The minimum absolute atomic E-state index is 0. The normalized spacial score (nSPS) is 9.93. The molecule has 2 aromatic heterocycles. The fourth-order valence-corrected chi connectivity index (χ4v) is 1.31. The van der Waals surface area contributed by atoms with Gasteiger partial charge in [-0.25, -0.2) is 9.97 Å². The van der Waals surface area contributed by atoms with E-state index in [-0.39, 0.29) is 28.4 Å². The van der Waals surface area contributed by atoms with Crippen molar-refractivity contribution in [2.75, 3.05) is 5.73 Å². The molecule has 2 heterocycles. The number of anilines is 1. The Morgan fingerprint density at radius 2 is 2.20 bits per heavy atom. The maximum absolute atomic E-state index is 11.3. The van der Waals surface area contributed by atoms with Crippen molar-refractivity contribution < 1.29 is 0 Å². The first kappa shape index (κ1) is 12.1. The first-order valence-corrected chi connectivity index (χ1v) is 4.90. The van der Waals surface area contributed by atoms with Gasteiger partial charge in [0, 0.05) is 5.33 Å². The number of nitrogens with zero attached hydrogens (tertiary/aromatic N) is 3. The van der Waals surface area contributed by atoms with Gasteiger partial charge in [-0.15, -0.1) is 17.0 Å². The molecule has 0 spiro atoms. The lowest BCUT2D eigenvalue weighted by Crippen LogP contribution is -2.13. The van der Waals surface area contributed by atoms with Gasteiger partial charge in [0.05, 0.1) is 11.9 Å². The Kier molecular flexibility index (Phi) is 3.75. The molecule has 0 radical (unpaired) electrons. The fourth-order valence-electron chi connectivity index (χ4n) is 1.04. The molecule has 3 N–H and O–H groups in total. The number of nitrogens with one attached hydrogen (secondary N) is 1. The van der Waals surface area contributed by atoms with Gasteiger partial charge in [-0.3, -0.25) is 4.79 Å². The summed E-state index contributed by atoms with van der Waals surface area (Å²) in [6.07, 6.45) is 1.56. The highest BCUT2D eigenvalue weighted by Crippen LogP contribution is 2.05. The third-order valence-corrected chi connectivity index (χ3v) is 2.20. The number of aromatic nitrogens is 4. The molecule has 6 nitrogen and oxygen atoms in total. The largest absolute Gasteiger partial charge is 0.369 e. The van der Waals surface area contributed by atoms with Crippen molar-refractivity contribution >= 4 is 50.0 Å². The van der Waals surface area contributed by atoms with Crippen LogP contribution in [0.15, 0.2) is 11.0 Å². The van der Waals surface area contributed by atoms with Gasteiger partial charge in [0.2, 0.25) is 5.95 Å². The van der Waals surface area contributed by atoms with E-state index in [1.807, 2.05) is 0 Å². The molecule has 2 aromatic rings. The van der Waals surface area contributed by atoms with Crippen LogP contribution in [-0.2, 0) is 5.33 Å². The molecule has 0 amide bonds. The Hall–Kier alpha value is -1.02. The van der Waals surface area contributed by atoms with Crippen LogP contribution in [-0.4, -0.2) is 19.9 Å². The van der Waals surface area contributed by atoms with Crippen LogP contribution in [0.25, 0.3) is 11.2 Å². The lowest BCUT2D eigenvalue weighted by Gasteiger charge is -1.98. The monoisotopic (exact) mass is 335 g/mol. The van der Waals surface area contributed by atoms with Crippen molar-refractivity contribution in [3.63, 3.8) is 0 Å². The second-order valence-electron chi connectivity index (χ2n) is 2.62. The molecule has 0 saturated carbocycles. The number of nitrogen functional groups attached to an aromatic ring is 1. The summed E-state index contributed by atoms with van der Waals surface area (Å²) in [6.45, 7) is 0. The summed E-state index contributed by atoms with van der Waals surface area (Å²) in [5.74, 6) is 0.0448. The first-order chi connectivity index (χ1) is 6.70. The van der Waals surface area contributed by atoms with E-state index >= 15 is 0 Å². The number of halogens is 2. The van der Waals surface area contributed by atoms with E-state index in [4.69, 9.17) is 5.73 Å². The smallest absolute Gasteiger partial charge is 0.302 e. The van der Waals surface area contributed by atoms with Crippen molar-refractivity contribution in [2.24, 2.45) is 0 Å². The topological polar surface area (TPSA) is 97.6 Å². The quantitative estimate of drug-likeness (QED) is 0.749. The second kappa shape index (κ2) is 4.67. The van der Waals surface area contributed by atoms with Gasteiger partial charge in [0.25, 0.3) is 0 Å². The lowest BCUT2D eigenvalue weighted by molar-refractivity contribution is 1.09. The third kappa shape index (κ3) is 2.32. The molecule has 8 heteroatoms. The molecule has 0 atom stereocenters. The molecular formula is C7H7Br2N5O. The highest BCUT2D eigenvalue weighted by Gasteiger charge is 2.05. The van der Waals surface area contributed by atoms with Crippen LogP contribution in [0, 0.1) is 0 Å². The van der Waals surface area contributed by atoms with E-state index in [1.54, 1.807) is 6.20 Å². The van der Waals surface area contributed by atoms with Crippen LogP contribution in [0.4, 0.5) is 5.95 Å². The Morgan fingerprint density at radius 3 is 2.87 bits per heavy atom. The predicted octanol–water partition coefficient (Wildman–Crippen LogP) is 0.768. The van der Waals surface area contributed by atoms with Crippen molar-refractivity contribution in [1.29, 1.82) is 0 Å². The zero-order valence-corrected chi connectivity index (χ0v) is 10.7. The average molecular weight is 337 g/mol. The zero-order chi connectivity index (χ0) is 10.1. The summed E-state index contributed by atoms with van der Waals surface area (Å²) in [7, 11) is 0. The molecule has 0 unspecified atom stereocenters. The standard InChI is InChI=1S/C7H6BrN5O.BrH/c8-1-3-2-10-5-4(11-3)6(14)13-7(9)12-5;/h2H,1H2,(H3,9,10,12,13,14);1H. The van der Waals surface area contributed by atoms with Crippen molar-refractivity contribution in [1.82, 2.24) is 19.9 Å². The molecular weight excluding hydrogens is 330 g/mol. The average Bonchev–Trinajstić information content (AvgIpc) is 2.17. The molecule has 2 rings (SSSR count). The van der Waals surface area contributed by atoms with E-state index in [2.05, 4.69) is 35.9 Å². The number of fused-ring (bicyclic) bond motifs is 1. The van der Waals surface area contributed by atoms with Gasteiger partial charge in [-0.05, 0) is 0 Å². The van der Waals surface area contributed by atoms with Crippen LogP contribution in [0.5, 0.6) is 0 Å². The Morgan fingerprint density at radius 1 is 1.47 bits per heavy atom. The summed E-state index contributed by atoms with van der Waals surface area (Å²) >= 11 is 3.22. The summed E-state index contributed by atoms with van der Waals surface area (Å²) in [6, 6.07) is 0. The van der Waals surface area contributed by atoms with Crippen molar-refractivity contribution in [3.05, 3.63) is 22.2 Å².